The predicted octanol–water partition coefficient (Wildman–Crippen LogP) is 6.68. The van der Waals surface area contributed by atoms with Gasteiger partial charge in [-0.3, -0.25) is 4.21 Å². The zero-order valence-electron chi connectivity index (χ0n) is 23.4. The second-order valence-electron chi connectivity index (χ2n) is 10.0. The van der Waals surface area contributed by atoms with Crippen molar-refractivity contribution in [2.45, 2.75) is 26.3 Å². The van der Waals surface area contributed by atoms with Gasteiger partial charge < -0.3 is 19.9 Å². The molecule has 2 aromatic heterocycles. The highest BCUT2D eigenvalue weighted by Crippen LogP contribution is 2.34. The van der Waals surface area contributed by atoms with Crippen molar-refractivity contribution < 1.29 is 26.5 Å². The molecule has 43 heavy (non-hydrogen) atoms. The van der Waals surface area contributed by atoms with E-state index in [1.54, 1.807) is 42.7 Å². The number of hydrogen-bond donors (Lipinski definition) is 2. The number of rotatable bonds is 11. The number of aryl methyl sites for hydroxylation is 1. The molecule has 5 aromatic rings. The first-order chi connectivity index (χ1) is 20.6. The molecule has 0 radical (unpaired) electrons. The van der Waals surface area contributed by atoms with Gasteiger partial charge in [-0.1, -0.05) is 12.1 Å². The standard InChI is InChI=1S/C31H29F4N5O2S/c1-20-12-24(6-9-29(20)42-18-21-4-3-5-23(32)13-21)39-30-26-14-25(7-8-28(26)37-19-38-30)40-16-22(15-36-10-11-43(2)41)27(17-40)31(33,34)35/h3-9,12-14,16-17,19,36H,10-11,15,18H2,1-2H3,(H,37,38,39). The Labute approximate surface area is 248 Å². The molecule has 3 aromatic carbocycles. The van der Waals surface area contributed by atoms with Gasteiger partial charge in [0.25, 0.3) is 0 Å². The summed E-state index contributed by atoms with van der Waals surface area (Å²) in [5.41, 5.74) is 2.76. The van der Waals surface area contributed by atoms with Crippen LogP contribution in [0.15, 0.2) is 79.4 Å². The number of benzene rings is 3. The van der Waals surface area contributed by atoms with E-state index in [-0.39, 0.29) is 24.5 Å². The summed E-state index contributed by atoms with van der Waals surface area (Å²) in [4.78, 5) is 8.70. The summed E-state index contributed by atoms with van der Waals surface area (Å²) in [6, 6.07) is 16.9. The summed E-state index contributed by atoms with van der Waals surface area (Å²) in [6.45, 7) is 2.44. The Morgan fingerprint density at radius 2 is 1.86 bits per heavy atom. The normalized spacial score (nSPS) is 12.4. The molecule has 224 valence electrons. The summed E-state index contributed by atoms with van der Waals surface area (Å²) in [5, 5.41) is 6.84. The highest BCUT2D eigenvalue weighted by atomic mass is 32.2. The maximum atomic E-state index is 13.8. The number of hydrogen-bond acceptors (Lipinski definition) is 6. The number of fused-ring (bicyclic) bond motifs is 1. The molecule has 0 saturated carbocycles. The molecule has 5 rings (SSSR count). The van der Waals surface area contributed by atoms with Crippen molar-refractivity contribution >= 4 is 33.2 Å². The van der Waals surface area contributed by atoms with Gasteiger partial charge >= 0.3 is 6.18 Å². The van der Waals surface area contributed by atoms with Crippen molar-refractivity contribution in [2.75, 3.05) is 23.9 Å². The van der Waals surface area contributed by atoms with Crippen LogP contribution in [0.5, 0.6) is 5.75 Å². The van der Waals surface area contributed by atoms with Crippen LogP contribution in [0, 0.1) is 12.7 Å². The molecule has 0 saturated heterocycles. The quantitative estimate of drug-likeness (QED) is 0.128. The van der Waals surface area contributed by atoms with Crippen LogP contribution in [-0.2, 0) is 30.1 Å². The molecule has 0 aliphatic heterocycles. The van der Waals surface area contributed by atoms with Crippen LogP contribution in [0.4, 0.5) is 29.1 Å². The van der Waals surface area contributed by atoms with Crippen LogP contribution in [0.2, 0.25) is 0 Å². The van der Waals surface area contributed by atoms with E-state index in [4.69, 9.17) is 4.74 Å². The first-order valence-corrected chi connectivity index (χ1v) is 15.1. The molecule has 1 atom stereocenters. The molecular formula is C31H29F4N5O2S. The number of aromatic nitrogens is 3. The Morgan fingerprint density at radius 1 is 1.02 bits per heavy atom. The molecule has 0 amide bonds. The van der Waals surface area contributed by atoms with Crippen molar-refractivity contribution in [2.24, 2.45) is 0 Å². The lowest BCUT2D eigenvalue weighted by atomic mass is 10.1. The zero-order chi connectivity index (χ0) is 30.6. The highest BCUT2D eigenvalue weighted by molar-refractivity contribution is 7.84. The Hall–Kier alpha value is -4.29. The van der Waals surface area contributed by atoms with Crippen molar-refractivity contribution in [3.63, 3.8) is 0 Å². The Kier molecular flexibility index (Phi) is 9.07. The van der Waals surface area contributed by atoms with E-state index in [1.807, 2.05) is 19.1 Å². The molecule has 12 heteroatoms. The average molecular weight is 612 g/mol. The molecule has 0 bridgehead atoms. The fourth-order valence-electron chi connectivity index (χ4n) is 4.60. The number of alkyl halides is 3. The van der Waals surface area contributed by atoms with Crippen molar-refractivity contribution in [3.8, 4) is 11.4 Å². The predicted molar refractivity (Wildman–Crippen MR) is 160 cm³/mol. The summed E-state index contributed by atoms with van der Waals surface area (Å²) >= 11 is 0. The monoisotopic (exact) mass is 611 g/mol. The van der Waals surface area contributed by atoms with Crippen LogP contribution >= 0.6 is 0 Å². The van der Waals surface area contributed by atoms with E-state index in [0.29, 0.717) is 46.0 Å². The van der Waals surface area contributed by atoms with E-state index in [0.717, 1.165) is 17.4 Å². The fraction of sp³-hybridized carbons (Fsp3) is 0.226. The van der Waals surface area contributed by atoms with E-state index in [1.165, 1.54) is 29.2 Å². The largest absolute Gasteiger partial charge is 0.489 e. The van der Waals surface area contributed by atoms with E-state index in [9.17, 15) is 21.8 Å². The van der Waals surface area contributed by atoms with Crippen LogP contribution in [0.25, 0.3) is 16.6 Å². The third-order valence-corrected chi connectivity index (χ3v) is 7.51. The van der Waals surface area contributed by atoms with Gasteiger partial charge in [0, 0.05) is 65.1 Å². The second-order valence-corrected chi connectivity index (χ2v) is 11.6. The molecule has 0 fully saturated rings. The SMILES string of the molecule is Cc1cc(Nc2ncnc3ccc(-n4cc(CNCCS(C)=O)c(C(F)(F)F)c4)cc23)ccc1OCc1cccc(F)c1. The van der Waals surface area contributed by atoms with Crippen molar-refractivity contribution in [1.82, 2.24) is 19.9 Å². The summed E-state index contributed by atoms with van der Waals surface area (Å²) in [7, 11) is -1.04. The van der Waals surface area contributed by atoms with Crippen LogP contribution in [-0.4, -0.2) is 37.3 Å². The highest BCUT2D eigenvalue weighted by Gasteiger charge is 2.34. The van der Waals surface area contributed by atoms with Gasteiger partial charge in [0.05, 0.1) is 11.1 Å². The number of nitrogens with zero attached hydrogens (tertiary/aromatic N) is 3. The smallest absolute Gasteiger partial charge is 0.418 e. The second kappa shape index (κ2) is 12.9. The Balaban J connectivity index is 1.37. The van der Waals surface area contributed by atoms with Gasteiger partial charge in [-0.15, -0.1) is 0 Å². The minimum atomic E-state index is -4.53. The van der Waals surface area contributed by atoms with Crippen molar-refractivity contribution in [1.29, 1.82) is 0 Å². The number of anilines is 2. The summed E-state index contributed by atoms with van der Waals surface area (Å²) in [6.07, 6.45) is 0.946. The fourth-order valence-corrected chi connectivity index (χ4v) is 5.03. The topological polar surface area (TPSA) is 81.1 Å². The lowest BCUT2D eigenvalue weighted by molar-refractivity contribution is -0.138. The van der Waals surface area contributed by atoms with Gasteiger partial charge in [-0.05, 0) is 72.1 Å². The molecule has 2 N–H and O–H groups in total. The van der Waals surface area contributed by atoms with E-state index in [2.05, 4.69) is 20.6 Å². The van der Waals surface area contributed by atoms with E-state index >= 15 is 0 Å². The third kappa shape index (κ3) is 7.57. The van der Waals surface area contributed by atoms with E-state index < -0.39 is 22.5 Å². The lowest BCUT2D eigenvalue weighted by Crippen LogP contribution is -2.21. The molecule has 2 heterocycles. The molecule has 0 aliphatic carbocycles. The molecule has 0 spiro atoms. The van der Waals surface area contributed by atoms with Gasteiger partial charge in [-0.2, -0.15) is 13.2 Å². The third-order valence-electron chi connectivity index (χ3n) is 6.73. The maximum absolute atomic E-state index is 13.8. The zero-order valence-corrected chi connectivity index (χ0v) is 24.2. The number of nitrogens with one attached hydrogen (secondary N) is 2. The van der Waals surface area contributed by atoms with Crippen LogP contribution in [0.1, 0.15) is 22.3 Å². The minimum absolute atomic E-state index is 0.0101. The first kappa shape index (κ1) is 30.2. The number of halogens is 4. The van der Waals surface area contributed by atoms with Crippen molar-refractivity contribution in [3.05, 3.63) is 107 Å². The maximum Gasteiger partial charge on any atom is 0.418 e. The van der Waals surface area contributed by atoms with Gasteiger partial charge in [0.1, 0.15) is 30.3 Å². The Bertz CT molecular complexity index is 1770. The van der Waals surface area contributed by atoms with Crippen LogP contribution < -0.4 is 15.4 Å². The molecule has 7 nitrogen and oxygen atoms in total. The minimum Gasteiger partial charge on any atom is -0.489 e. The summed E-state index contributed by atoms with van der Waals surface area (Å²) in [5.74, 6) is 1.16. The average Bonchev–Trinajstić information content (AvgIpc) is 3.40. The number of ether oxygens (including phenoxy) is 1. The first-order valence-electron chi connectivity index (χ1n) is 13.4. The lowest BCUT2D eigenvalue weighted by Gasteiger charge is -2.13. The summed E-state index contributed by atoms with van der Waals surface area (Å²) < 4.78 is 73.6. The molecular weight excluding hydrogens is 582 g/mol. The van der Waals surface area contributed by atoms with Gasteiger partial charge in [0.2, 0.25) is 0 Å². The molecule has 1 unspecified atom stereocenters. The van der Waals surface area contributed by atoms with Gasteiger partial charge in [0.15, 0.2) is 0 Å². The van der Waals surface area contributed by atoms with Crippen LogP contribution in [0.3, 0.4) is 0 Å². The van der Waals surface area contributed by atoms with Gasteiger partial charge in [-0.25, -0.2) is 14.4 Å². The Morgan fingerprint density at radius 3 is 2.60 bits per heavy atom. The molecule has 0 aliphatic rings.